The summed E-state index contributed by atoms with van der Waals surface area (Å²) >= 11 is 0. The quantitative estimate of drug-likeness (QED) is 0.759. The lowest BCUT2D eigenvalue weighted by Crippen LogP contribution is -2.44. The van der Waals surface area contributed by atoms with Gasteiger partial charge in [-0.25, -0.2) is 0 Å². The van der Waals surface area contributed by atoms with Gasteiger partial charge in [-0.05, 0) is 18.1 Å². The van der Waals surface area contributed by atoms with Crippen molar-refractivity contribution in [3.8, 4) is 0 Å². The number of aromatic nitrogens is 1. The van der Waals surface area contributed by atoms with Crippen LogP contribution in [0.25, 0.3) is 10.9 Å². The van der Waals surface area contributed by atoms with Crippen LogP contribution in [-0.2, 0) is 11.2 Å². The van der Waals surface area contributed by atoms with Crippen LogP contribution >= 0.6 is 0 Å². The molecule has 4 heteroatoms. The first-order valence-electron chi connectivity index (χ1n) is 6.29. The van der Waals surface area contributed by atoms with E-state index < -0.39 is 12.0 Å². The Morgan fingerprint density at radius 2 is 2.22 bits per heavy atom. The molecule has 3 N–H and O–H groups in total. The Kier molecular flexibility index (Phi) is 2.59. The fourth-order valence-electron chi connectivity index (χ4n) is 2.81. The SMILES string of the molecule is CCC1N[C@H](C(=O)O)Cc2c1[nH]c1ccccc21. The van der Waals surface area contributed by atoms with E-state index >= 15 is 0 Å². The molecule has 0 radical (unpaired) electrons. The van der Waals surface area contributed by atoms with E-state index in [4.69, 9.17) is 0 Å². The molecule has 2 aromatic rings. The Labute approximate surface area is 105 Å². The summed E-state index contributed by atoms with van der Waals surface area (Å²) in [7, 11) is 0. The zero-order chi connectivity index (χ0) is 12.7. The first-order valence-corrected chi connectivity index (χ1v) is 6.29. The second-order valence-corrected chi connectivity index (χ2v) is 4.79. The Morgan fingerprint density at radius 3 is 2.94 bits per heavy atom. The van der Waals surface area contributed by atoms with Crippen molar-refractivity contribution in [3.05, 3.63) is 35.5 Å². The molecule has 18 heavy (non-hydrogen) atoms. The fraction of sp³-hybridized carbons (Fsp3) is 0.357. The highest BCUT2D eigenvalue weighted by Gasteiger charge is 2.31. The van der Waals surface area contributed by atoms with Crippen LogP contribution in [0.5, 0.6) is 0 Å². The van der Waals surface area contributed by atoms with Gasteiger partial charge in [0.2, 0.25) is 0 Å². The number of para-hydroxylation sites is 1. The molecule has 0 amide bonds. The van der Waals surface area contributed by atoms with E-state index in [9.17, 15) is 9.90 Å². The van der Waals surface area contributed by atoms with E-state index in [1.54, 1.807) is 0 Å². The lowest BCUT2D eigenvalue weighted by Gasteiger charge is -2.28. The van der Waals surface area contributed by atoms with Crippen LogP contribution in [-0.4, -0.2) is 22.1 Å². The first-order chi connectivity index (χ1) is 8.70. The minimum atomic E-state index is -0.774. The molecule has 0 bridgehead atoms. The van der Waals surface area contributed by atoms with Crippen molar-refractivity contribution in [3.63, 3.8) is 0 Å². The van der Waals surface area contributed by atoms with Crippen molar-refractivity contribution < 1.29 is 9.90 Å². The van der Waals surface area contributed by atoms with Crippen molar-refractivity contribution >= 4 is 16.9 Å². The molecule has 1 aliphatic rings. The summed E-state index contributed by atoms with van der Waals surface area (Å²) in [5, 5.41) is 13.6. The van der Waals surface area contributed by atoms with E-state index in [1.807, 2.05) is 18.2 Å². The molecular weight excluding hydrogens is 228 g/mol. The van der Waals surface area contributed by atoms with Crippen LogP contribution in [0.15, 0.2) is 24.3 Å². The lowest BCUT2D eigenvalue weighted by molar-refractivity contribution is -0.139. The van der Waals surface area contributed by atoms with Gasteiger partial charge in [-0.3, -0.25) is 10.1 Å². The number of nitrogens with one attached hydrogen (secondary N) is 2. The van der Waals surface area contributed by atoms with Crippen molar-refractivity contribution in [2.75, 3.05) is 0 Å². The molecule has 1 unspecified atom stereocenters. The van der Waals surface area contributed by atoms with Gasteiger partial charge in [0.05, 0.1) is 0 Å². The van der Waals surface area contributed by atoms with Gasteiger partial charge >= 0.3 is 5.97 Å². The predicted octanol–water partition coefficient (Wildman–Crippen LogP) is 2.22. The topological polar surface area (TPSA) is 65.1 Å². The van der Waals surface area contributed by atoms with Gasteiger partial charge in [-0.2, -0.15) is 0 Å². The molecule has 3 rings (SSSR count). The molecule has 94 valence electrons. The molecule has 0 saturated carbocycles. The second-order valence-electron chi connectivity index (χ2n) is 4.79. The van der Waals surface area contributed by atoms with E-state index in [2.05, 4.69) is 23.3 Å². The number of carboxylic acids is 1. The molecule has 0 spiro atoms. The van der Waals surface area contributed by atoms with Gasteiger partial charge in [-0.1, -0.05) is 25.1 Å². The molecule has 2 atom stereocenters. The van der Waals surface area contributed by atoms with Gasteiger partial charge in [0, 0.05) is 29.1 Å². The fourth-order valence-corrected chi connectivity index (χ4v) is 2.81. The number of carboxylic acid groups (broad SMARTS) is 1. The third kappa shape index (κ3) is 1.61. The highest BCUT2D eigenvalue weighted by Crippen LogP contribution is 2.32. The van der Waals surface area contributed by atoms with E-state index in [1.165, 1.54) is 0 Å². The van der Waals surface area contributed by atoms with Gasteiger partial charge < -0.3 is 10.1 Å². The third-order valence-corrected chi connectivity index (χ3v) is 3.71. The summed E-state index contributed by atoms with van der Waals surface area (Å²) in [4.78, 5) is 14.6. The lowest BCUT2D eigenvalue weighted by atomic mass is 9.93. The molecule has 0 saturated heterocycles. The van der Waals surface area contributed by atoms with Crippen LogP contribution in [0, 0.1) is 0 Å². The Bertz CT molecular complexity index is 603. The number of H-pyrrole nitrogens is 1. The summed E-state index contributed by atoms with van der Waals surface area (Å²) in [5.74, 6) is -0.774. The Hall–Kier alpha value is -1.81. The third-order valence-electron chi connectivity index (χ3n) is 3.71. The summed E-state index contributed by atoms with van der Waals surface area (Å²) in [6.07, 6.45) is 1.43. The van der Waals surface area contributed by atoms with Crippen LogP contribution in [0.1, 0.15) is 30.6 Å². The average Bonchev–Trinajstić information content (AvgIpc) is 2.76. The monoisotopic (exact) mass is 244 g/mol. The van der Waals surface area contributed by atoms with Gasteiger partial charge in [-0.15, -0.1) is 0 Å². The molecule has 0 fully saturated rings. The largest absolute Gasteiger partial charge is 0.480 e. The number of fused-ring (bicyclic) bond motifs is 3. The number of aliphatic carboxylic acids is 1. The summed E-state index contributed by atoms with van der Waals surface area (Å²) < 4.78 is 0. The number of rotatable bonds is 2. The molecule has 4 nitrogen and oxygen atoms in total. The molecule has 2 heterocycles. The van der Waals surface area contributed by atoms with E-state index in [-0.39, 0.29) is 6.04 Å². The average molecular weight is 244 g/mol. The Morgan fingerprint density at radius 1 is 1.44 bits per heavy atom. The maximum atomic E-state index is 11.2. The van der Waals surface area contributed by atoms with Gasteiger partial charge in [0.15, 0.2) is 0 Å². The standard InChI is InChI=1S/C14H16N2O2/c1-2-10-13-9(7-12(15-10)14(17)18)8-5-3-4-6-11(8)16-13/h3-6,10,12,15-16H,2,7H2,1H3,(H,17,18)/t10?,12-/m0/s1. The van der Waals surface area contributed by atoms with Crippen LogP contribution in [0.2, 0.25) is 0 Å². The maximum Gasteiger partial charge on any atom is 0.321 e. The van der Waals surface area contributed by atoms with Crippen LogP contribution in [0.4, 0.5) is 0 Å². The number of hydrogen-bond donors (Lipinski definition) is 3. The van der Waals surface area contributed by atoms with Crippen molar-refractivity contribution in [2.45, 2.75) is 31.8 Å². The minimum absolute atomic E-state index is 0.0993. The number of carbonyl (C=O) groups is 1. The summed E-state index contributed by atoms with van der Waals surface area (Å²) in [5.41, 5.74) is 3.40. The molecule has 1 aromatic heterocycles. The number of benzene rings is 1. The van der Waals surface area contributed by atoms with Crippen LogP contribution in [0.3, 0.4) is 0 Å². The van der Waals surface area contributed by atoms with Crippen molar-refractivity contribution in [2.24, 2.45) is 0 Å². The van der Waals surface area contributed by atoms with Gasteiger partial charge in [0.25, 0.3) is 0 Å². The van der Waals surface area contributed by atoms with Crippen molar-refractivity contribution in [1.82, 2.24) is 10.3 Å². The van der Waals surface area contributed by atoms with E-state index in [0.29, 0.717) is 6.42 Å². The van der Waals surface area contributed by atoms with Crippen molar-refractivity contribution in [1.29, 1.82) is 0 Å². The highest BCUT2D eigenvalue weighted by molar-refractivity contribution is 5.86. The predicted molar refractivity (Wildman–Crippen MR) is 69.6 cm³/mol. The first kappa shape index (κ1) is 11.3. The van der Waals surface area contributed by atoms with Crippen LogP contribution < -0.4 is 5.32 Å². The summed E-state index contributed by atoms with van der Waals surface area (Å²) in [6.45, 7) is 2.07. The molecular formula is C14H16N2O2. The molecule has 1 aliphatic heterocycles. The number of hydrogen-bond acceptors (Lipinski definition) is 2. The highest BCUT2D eigenvalue weighted by atomic mass is 16.4. The molecule has 1 aromatic carbocycles. The normalized spacial score (nSPS) is 22.9. The van der Waals surface area contributed by atoms with Gasteiger partial charge in [0.1, 0.15) is 6.04 Å². The second kappa shape index (κ2) is 4.14. The smallest absolute Gasteiger partial charge is 0.321 e. The summed E-state index contributed by atoms with van der Waals surface area (Å²) in [6, 6.07) is 7.70. The molecule has 0 aliphatic carbocycles. The number of aromatic amines is 1. The zero-order valence-electron chi connectivity index (χ0n) is 10.2. The maximum absolute atomic E-state index is 11.2. The zero-order valence-corrected chi connectivity index (χ0v) is 10.2. The van der Waals surface area contributed by atoms with E-state index in [0.717, 1.165) is 28.6 Å². The minimum Gasteiger partial charge on any atom is -0.480 e. The Balaban J connectivity index is 2.15.